The van der Waals surface area contributed by atoms with E-state index < -0.39 is 0 Å². The number of hydrogen-bond acceptors (Lipinski definition) is 2. The number of carbonyl (C=O) groups is 1. The molecule has 1 amide bonds. The molecular formula is C16H20ClNOS. The van der Waals surface area contributed by atoms with Gasteiger partial charge in [-0.3, -0.25) is 4.79 Å². The molecule has 0 N–H and O–H groups in total. The van der Waals surface area contributed by atoms with Crippen molar-refractivity contribution in [1.29, 1.82) is 0 Å². The molecule has 2 nitrogen and oxygen atoms in total. The summed E-state index contributed by atoms with van der Waals surface area (Å²) in [5, 5.41) is 0.271. The number of nitrogens with zero attached hydrogens (tertiary/aromatic N) is 1. The van der Waals surface area contributed by atoms with Gasteiger partial charge in [0.25, 0.3) is 5.91 Å². The largest absolute Gasteiger partial charge is 0.332 e. The number of carbonyl (C=O) groups excluding carboxylic acids is 1. The van der Waals surface area contributed by atoms with Crippen LogP contribution in [0, 0.1) is 0 Å². The second kappa shape index (κ2) is 5.03. The first-order chi connectivity index (χ1) is 9.72. The Hall–Kier alpha value is -0.540. The maximum atomic E-state index is 12.9. The quantitative estimate of drug-likeness (QED) is 0.718. The van der Waals surface area contributed by atoms with Crippen molar-refractivity contribution >= 4 is 28.8 Å². The lowest BCUT2D eigenvalue weighted by Gasteiger charge is -2.36. The highest BCUT2D eigenvalue weighted by Crippen LogP contribution is 2.40. The van der Waals surface area contributed by atoms with Crippen molar-refractivity contribution in [2.24, 2.45) is 0 Å². The number of hydrogen-bond donors (Lipinski definition) is 0. The van der Waals surface area contributed by atoms with Crippen molar-refractivity contribution in [3.63, 3.8) is 0 Å². The zero-order valence-corrected chi connectivity index (χ0v) is 13.2. The molecule has 2 aliphatic heterocycles. The monoisotopic (exact) mass is 309 g/mol. The highest BCUT2D eigenvalue weighted by molar-refractivity contribution is 7.14. The van der Waals surface area contributed by atoms with Gasteiger partial charge in [-0.1, -0.05) is 0 Å². The van der Waals surface area contributed by atoms with Crippen LogP contribution in [0.1, 0.15) is 58.6 Å². The van der Waals surface area contributed by atoms with Crippen LogP contribution in [0.2, 0.25) is 0 Å². The first kappa shape index (κ1) is 13.1. The van der Waals surface area contributed by atoms with Gasteiger partial charge in [-0.2, -0.15) is 0 Å². The molecule has 2 fully saturated rings. The van der Waals surface area contributed by atoms with Crippen LogP contribution >= 0.6 is 22.9 Å². The molecule has 2 saturated heterocycles. The lowest BCUT2D eigenvalue weighted by atomic mass is 9.99. The summed E-state index contributed by atoms with van der Waals surface area (Å²) in [6, 6.07) is 2.96. The standard InChI is InChI=1S/C16H20ClNOS/c17-11-8-12-5-6-13(9-11)18(12)16(19)15-7-10-3-1-2-4-14(10)20-15/h7,11-13H,1-6,8-9H2. The molecule has 0 radical (unpaired) electrons. The molecule has 3 heterocycles. The maximum Gasteiger partial charge on any atom is 0.264 e. The van der Waals surface area contributed by atoms with E-state index in [4.69, 9.17) is 11.6 Å². The Morgan fingerprint density at radius 1 is 1.20 bits per heavy atom. The van der Waals surface area contributed by atoms with Crippen LogP contribution in [0.3, 0.4) is 0 Å². The van der Waals surface area contributed by atoms with Gasteiger partial charge >= 0.3 is 0 Å². The van der Waals surface area contributed by atoms with E-state index in [1.54, 1.807) is 11.3 Å². The van der Waals surface area contributed by atoms with Crippen LogP contribution in [0.4, 0.5) is 0 Å². The fraction of sp³-hybridized carbons (Fsp3) is 0.688. The predicted octanol–water partition coefficient (Wildman–Crippen LogP) is 4.00. The number of aryl methyl sites for hydroxylation is 2. The van der Waals surface area contributed by atoms with Crippen LogP contribution in [0.15, 0.2) is 6.07 Å². The Kier molecular flexibility index (Phi) is 3.30. The summed E-state index contributed by atoms with van der Waals surface area (Å²) in [6.07, 6.45) is 9.14. The van der Waals surface area contributed by atoms with E-state index in [-0.39, 0.29) is 11.3 Å². The van der Waals surface area contributed by atoms with E-state index in [9.17, 15) is 4.79 Å². The van der Waals surface area contributed by atoms with Crippen molar-refractivity contribution in [1.82, 2.24) is 4.90 Å². The van der Waals surface area contributed by atoms with Gasteiger partial charge in [-0.15, -0.1) is 22.9 Å². The van der Waals surface area contributed by atoms with Crippen molar-refractivity contribution in [3.05, 3.63) is 21.4 Å². The molecule has 1 aromatic rings. The van der Waals surface area contributed by atoms with Gasteiger partial charge in [0.1, 0.15) is 0 Å². The summed E-state index contributed by atoms with van der Waals surface area (Å²) in [5.41, 5.74) is 1.43. The van der Waals surface area contributed by atoms with Gasteiger partial charge in [-0.05, 0) is 63.0 Å². The van der Waals surface area contributed by atoms with Crippen molar-refractivity contribution in [2.75, 3.05) is 0 Å². The number of thiophene rings is 1. The molecule has 2 atom stereocenters. The molecule has 2 bridgehead atoms. The van der Waals surface area contributed by atoms with Crippen LogP contribution < -0.4 is 0 Å². The summed E-state index contributed by atoms with van der Waals surface area (Å²) in [5.74, 6) is 0.278. The molecule has 0 saturated carbocycles. The van der Waals surface area contributed by atoms with Gasteiger partial charge in [0.2, 0.25) is 0 Å². The zero-order chi connectivity index (χ0) is 13.7. The third-order valence-electron chi connectivity index (χ3n) is 5.12. The van der Waals surface area contributed by atoms with Crippen LogP contribution in [-0.2, 0) is 12.8 Å². The van der Waals surface area contributed by atoms with Gasteiger partial charge in [0.15, 0.2) is 0 Å². The van der Waals surface area contributed by atoms with Crippen molar-refractivity contribution < 1.29 is 4.79 Å². The second-order valence-electron chi connectivity index (χ2n) is 6.43. The van der Waals surface area contributed by atoms with Crippen molar-refractivity contribution in [2.45, 2.75) is 68.8 Å². The Morgan fingerprint density at radius 2 is 1.90 bits per heavy atom. The molecule has 2 unspecified atom stereocenters. The van der Waals surface area contributed by atoms with Crippen LogP contribution in [-0.4, -0.2) is 28.3 Å². The molecule has 4 rings (SSSR count). The lowest BCUT2D eigenvalue weighted by Crippen LogP contribution is -2.46. The fourth-order valence-corrected chi connectivity index (χ4v) is 5.77. The first-order valence-electron chi connectivity index (χ1n) is 7.80. The van der Waals surface area contributed by atoms with Gasteiger partial charge in [0, 0.05) is 22.3 Å². The summed E-state index contributed by atoms with van der Waals surface area (Å²) in [7, 11) is 0. The zero-order valence-electron chi connectivity index (χ0n) is 11.6. The van der Waals surface area contributed by atoms with Crippen molar-refractivity contribution in [3.8, 4) is 0 Å². The smallest absolute Gasteiger partial charge is 0.264 e. The molecule has 108 valence electrons. The minimum atomic E-state index is 0.271. The van der Waals surface area contributed by atoms with E-state index >= 15 is 0 Å². The molecule has 1 aliphatic carbocycles. The number of fused-ring (bicyclic) bond motifs is 3. The number of piperidine rings is 1. The van der Waals surface area contributed by atoms with Gasteiger partial charge in [0.05, 0.1) is 4.88 Å². The molecule has 20 heavy (non-hydrogen) atoms. The number of alkyl halides is 1. The Bertz CT molecular complexity index is 503. The number of rotatable bonds is 1. The van der Waals surface area contributed by atoms with E-state index in [2.05, 4.69) is 11.0 Å². The summed E-state index contributed by atoms with van der Waals surface area (Å²) >= 11 is 8.06. The number of amides is 1. The van der Waals surface area contributed by atoms with Crippen LogP contribution in [0.5, 0.6) is 0 Å². The molecule has 1 aromatic heterocycles. The molecule has 4 heteroatoms. The SMILES string of the molecule is O=C(c1cc2c(s1)CCCC2)N1C2CCC1CC(Cl)C2. The summed E-state index contributed by atoms with van der Waals surface area (Å²) in [6.45, 7) is 0. The first-order valence-corrected chi connectivity index (χ1v) is 9.06. The van der Waals surface area contributed by atoms with Gasteiger partial charge in [-0.25, -0.2) is 0 Å². The van der Waals surface area contributed by atoms with E-state index in [1.165, 1.54) is 29.7 Å². The lowest BCUT2D eigenvalue weighted by molar-refractivity contribution is 0.0604. The Labute approximate surface area is 129 Å². The Balaban J connectivity index is 1.60. The fourth-order valence-electron chi connectivity index (χ4n) is 4.17. The maximum absolute atomic E-state index is 12.9. The highest BCUT2D eigenvalue weighted by Gasteiger charge is 2.43. The minimum Gasteiger partial charge on any atom is -0.332 e. The van der Waals surface area contributed by atoms with E-state index in [0.29, 0.717) is 12.1 Å². The predicted molar refractivity (Wildman–Crippen MR) is 82.8 cm³/mol. The Morgan fingerprint density at radius 3 is 2.60 bits per heavy atom. The topological polar surface area (TPSA) is 20.3 Å². The molecule has 3 aliphatic rings. The van der Waals surface area contributed by atoms with E-state index in [0.717, 1.165) is 37.0 Å². The highest BCUT2D eigenvalue weighted by atomic mass is 35.5. The number of halogens is 1. The third-order valence-corrected chi connectivity index (χ3v) is 6.70. The van der Waals surface area contributed by atoms with Gasteiger partial charge < -0.3 is 4.90 Å². The van der Waals surface area contributed by atoms with Crippen LogP contribution in [0.25, 0.3) is 0 Å². The molecule has 0 aromatic carbocycles. The average Bonchev–Trinajstić information content (AvgIpc) is 2.98. The third kappa shape index (κ3) is 2.10. The molecule has 0 spiro atoms. The summed E-state index contributed by atoms with van der Waals surface area (Å²) in [4.78, 5) is 17.5. The minimum absolute atomic E-state index is 0.271. The average molecular weight is 310 g/mol. The molecular weight excluding hydrogens is 290 g/mol. The second-order valence-corrected chi connectivity index (χ2v) is 8.19. The van der Waals surface area contributed by atoms with E-state index in [1.807, 2.05) is 0 Å². The summed E-state index contributed by atoms with van der Waals surface area (Å²) < 4.78 is 0. The normalized spacial score (nSPS) is 32.2.